The van der Waals surface area contributed by atoms with E-state index in [1.54, 1.807) is 0 Å². The molecule has 0 saturated carbocycles. The Kier molecular flexibility index (Phi) is 4.10. The van der Waals surface area contributed by atoms with Gasteiger partial charge in [0.15, 0.2) is 0 Å². The minimum Gasteiger partial charge on any atom is -0.393 e. The van der Waals surface area contributed by atoms with Crippen molar-refractivity contribution in [3.05, 3.63) is 0 Å². The Morgan fingerprint density at radius 3 is 2.11 bits per heavy atom. The Labute approximate surface area is 56.9 Å². The molecule has 0 N–H and O–H groups in total. The first-order valence-electron chi connectivity index (χ1n) is 3.24. The lowest BCUT2D eigenvalue weighted by Gasteiger charge is -1.99. The Morgan fingerprint density at radius 2 is 1.78 bits per heavy atom. The van der Waals surface area contributed by atoms with Gasteiger partial charge >= 0.3 is 0 Å². The summed E-state index contributed by atoms with van der Waals surface area (Å²) in [6, 6.07) is 0. The summed E-state index contributed by atoms with van der Waals surface area (Å²) >= 11 is 0. The Balaban J connectivity index is 3.25. The molecular formula is C7H14NO. The summed E-state index contributed by atoms with van der Waals surface area (Å²) < 4.78 is 0. The van der Waals surface area contributed by atoms with E-state index in [-0.39, 0.29) is 6.10 Å². The third-order valence-electron chi connectivity index (χ3n) is 0.574. The zero-order chi connectivity index (χ0) is 7.28. The second-order valence-corrected chi connectivity index (χ2v) is 2.53. The van der Waals surface area contributed by atoms with Crippen LogP contribution in [0.4, 0.5) is 0 Å². The third-order valence-corrected chi connectivity index (χ3v) is 0.574. The number of hydrogen-bond acceptors (Lipinski definition) is 2. The molecule has 0 aromatic heterocycles. The molecule has 0 saturated heterocycles. The average Bonchev–Trinajstić information content (AvgIpc) is 1.63. The van der Waals surface area contributed by atoms with Crippen molar-refractivity contribution in [3.63, 3.8) is 0 Å². The maximum atomic E-state index is 4.87. The number of rotatable bonds is 3. The summed E-state index contributed by atoms with van der Waals surface area (Å²) in [4.78, 5) is 4.87. The molecule has 0 amide bonds. The lowest BCUT2D eigenvalue weighted by atomic mass is 10.3. The fourth-order valence-corrected chi connectivity index (χ4v) is 0.241. The lowest BCUT2D eigenvalue weighted by Crippen LogP contribution is -1.97. The van der Waals surface area contributed by atoms with E-state index in [1.807, 2.05) is 27.7 Å². The zero-order valence-electron chi connectivity index (χ0n) is 6.51. The number of nitrogens with zero attached hydrogens (tertiary/aromatic N) is 1. The average molecular weight is 128 g/mol. The van der Waals surface area contributed by atoms with Crippen LogP contribution in [0.2, 0.25) is 0 Å². The van der Waals surface area contributed by atoms with E-state index in [0.717, 1.165) is 0 Å². The molecule has 2 nitrogen and oxygen atoms in total. The van der Waals surface area contributed by atoms with Crippen LogP contribution >= 0.6 is 0 Å². The van der Waals surface area contributed by atoms with Crippen molar-refractivity contribution < 1.29 is 4.84 Å². The first-order chi connectivity index (χ1) is 4.13. The highest BCUT2D eigenvalue weighted by Gasteiger charge is 1.89. The third kappa shape index (κ3) is 7.47. The van der Waals surface area contributed by atoms with Gasteiger partial charge in [-0.2, -0.15) is 0 Å². The molecule has 0 bridgehead atoms. The topological polar surface area (TPSA) is 21.6 Å². The van der Waals surface area contributed by atoms with Crippen LogP contribution in [0, 0.1) is 5.92 Å². The molecule has 0 aromatic carbocycles. The van der Waals surface area contributed by atoms with E-state index in [9.17, 15) is 0 Å². The molecule has 0 atom stereocenters. The van der Waals surface area contributed by atoms with Gasteiger partial charge in [0.2, 0.25) is 0 Å². The molecule has 9 heavy (non-hydrogen) atoms. The van der Waals surface area contributed by atoms with Gasteiger partial charge in [-0.3, -0.25) is 0 Å². The SMILES string of the molecule is CC(C)/[C]=N/OC(C)C. The van der Waals surface area contributed by atoms with E-state index in [0.29, 0.717) is 5.92 Å². The summed E-state index contributed by atoms with van der Waals surface area (Å²) in [7, 11) is 0. The van der Waals surface area contributed by atoms with E-state index >= 15 is 0 Å². The van der Waals surface area contributed by atoms with Crippen molar-refractivity contribution >= 4 is 6.21 Å². The predicted octanol–water partition coefficient (Wildman–Crippen LogP) is 1.93. The molecule has 53 valence electrons. The molecule has 0 aromatic rings. The van der Waals surface area contributed by atoms with Crippen LogP contribution < -0.4 is 0 Å². The summed E-state index contributed by atoms with van der Waals surface area (Å²) in [6.45, 7) is 7.89. The van der Waals surface area contributed by atoms with Crippen molar-refractivity contribution in [2.24, 2.45) is 11.1 Å². The normalized spacial score (nSPS) is 11.8. The minimum absolute atomic E-state index is 0.163. The van der Waals surface area contributed by atoms with E-state index in [1.165, 1.54) is 0 Å². The molecular weight excluding hydrogens is 114 g/mol. The van der Waals surface area contributed by atoms with Gasteiger partial charge in [0.05, 0.1) is 0 Å². The van der Waals surface area contributed by atoms with Crippen LogP contribution in [0.3, 0.4) is 0 Å². The highest BCUT2D eigenvalue weighted by atomic mass is 16.6. The van der Waals surface area contributed by atoms with Gasteiger partial charge in [0.1, 0.15) is 12.3 Å². The smallest absolute Gasteiger partial charge is 0.122 e. The van der Waals surface area contributed by atoms with Crippen molar-refractivity contribution in [3.8, 4) is 0 Å². The lowest BCUT2D eigenvalue weighted by molar-refractivity contribution is 0.0863. The molecule has 1 radical (unpaired) electrons. The fourth-order valence-electron chi connectivity index (χ4n) is 0.241. The standard InChI is InChI=1S/C7H14NO/c1-6(2)5-8-9-7(3)4/h6-7H,1-4H3. The molecule has 0 rings (SSSR count). The summed E-state index contributed by atoms with van der Waals surface area (Å²) in [5.41, 5.74) is 0. The van der Waals surface area contributed by atoms with E-state index in [2.05, 4.69) is 11.4 Å². The van der Waals surface area contributed by atoms with Gasteiger partial charge in [0.25, 0.3) is 0 Å². The molecule has 0 spiro atoms. The van der Waals surface area contributed by atoms with Gasteiger partial charge in [-0.05, 0) is 13.8 Å². The van der Waals surface area contributed by atoms with Crippen molar-refractivity contribution in [1.82, 2.24) is 0 Å². The molecule has 0 aliphatic carbocycles. The van der Waals surface area contributed by atoms with Crippen LogP contribution in [-0.2, 0) is 4.84 Å². The monoisotopic (exact) mass is 128 g/mol. The molecule has 0 unspecified atom stereocenters. The zero-order valence-corrected chi connectivity index (χ0v) is 6.51. The van der Waals surface area contributed by atoms with E-state index < -0.39 is 0 Å². The van der Waals surface area contributed by atoms with Crippen LogP contribution in [0.15, 0.2) is 5.16 Å². The minimum atomic E-state index is 0.163. The van der Waals surface area contributed by atoms with Gasteiger partial charge in [-0.25, -0.2) is 0 Å². The van der Waals surface area contributed by atoms with Gasteiger partial charge in [-0.1, -0.05) is 19.0 Å². The number of hydrogen-bond donors (Lipinski definition) is 0. The summed E-state index contributed by atoms with van der Waals surface area (Å²) in [5, 5.41) is 3.62. The fraction of sp³-hybridized carbons (Fsp3) is 0.857. The van der Waals surface area contributed by atoms with Crippen molar-refractivity contribution in [2.75, 3.05) is 0 Å². The highest BCUT2D eigenvalue weighted by molar-refractivity contribution is 5.58. The highest BCUT2D eigenvalue weighted by Crippen LogP contribution is 1.90. The second-order valence-electron chi connectivity index (χ2n) is 2.53. The van der Waals surface area contributed by atoms with Gasteiger partial charge < -0.3 is 4.84 Å². The summed E-state index contributed by atoms with van der Waals surface area (Å²) in [5.74, 6) is 0.351. The second kappa shape index (κ2) is 4.36. The van der Waals surface area contributed by atoms with E-state index in [4.69, 9.17) is 4.84 Å². The first kappa shape index (κ1) is 8.47. The Hall–Kier alpha value is -0.530. The van der Waals surface area contributed by atoms with Crippen LogP contribution in [-0.4, -0.2) is 12.3 Å². The largest absolute Gasteiger partial charge is 0.393 e. The van der Waals surface area contributed by atoms with Gasteiger partial charge in [0, 0.05) is 5.92 Å². The van der Waals surface area contributed by atoms with Crippen LogP contribution in [0.25, 0.3) is 0 Å². The molecule has 2 heteroatoms. The predicted molar refractivity (Wildman–Crippen MR) is 38.5 cm³/mol. The molecule has 0 fully saturated rings. The Morgan fingerprint density at radius 1 is 1.22 bits per heavy atom. The molecule has 0 aliphatic rings. The maximum Gasteiger partial charge on any atom is 0.122 e. The maximum absolute atomic E-state index is 4.87. The van der Waals surface area contributed by atoms with Crippen molar-refractivity contribution in [2.45, 2.75) is 33.8 Å². The van der Waals surface area contributed by atoms with Crippen LogP contribution in [0.1, 0.15) is 27.7 Å². The van der Waals surface area contributed by atoms with Crippen LogP contribution in [0.5, 0.6) is 0 Å². The van der Waals surface area contributed by atoms with Crippen molar-refractivity contribution in [1.29, 1.82) is 0 Å². The Bertz CT molecular complexity index is 86.9. The van der Waals surface area contributed by atoms with Gasteiger partial charge in [-0.15, -0.1) is 0 Å². The molecule has 0 aliphatic heterocycles. The molecule has 0 heterocycles. The summed E-state index contributed by atoms with van der Waals surface area (Å²) in [6.07, 6.45) is 2.94. The first-order valence-corrected chi connectivity index (χ1v) is 3.24. The quantitative estimate of drug-likeness (QED) is 0.420.